The van der Waals surface area contributed by atoms with Gasteiger partial charge in [0.05, 0.1) is 4.47 Å². The van der Waals surface area contributed by atoms with E-state index < -0.39 is 19.1 Å². The standard InChI is InChI=1S/C12H13BrF2N2O2/c1-2-16-11-6-3-7(13)9(19-5-10(14)15)4-8(6)17-12(11)18/h3-4,10-11,16H,2,5H2,1H3,(H,17,18). The molecular weight excluding hydrogens is 322 g/mol. The Labute approximate surface area is 117 Å². The summed E-state index contributed by atoms with van der Waals surface area (Å²) in [7, 11) is 0. The molecule has 7 heteroatoms. The van der Waals surface area contributed by atoms with E-state index in [1.54, 1.807) is 12.1 Å². The van der Waals surface area contributed by atoms with Gasteiger partial charge in [0, 0.05) is 17.3 Å². The van der Waals surface area contributed by atoms with E-state index in [0.717, 1.165) is 5.56 Å². The second-order valence-electron chi connectivity index (χ2n) is 4.05. The molecule has 0 radical (unpaired) electrons. The summed E-state index contributed by atoms with van der Waals surface area (Å²) in [5.41, 5.74) is 1.37. The van der Waals surface area contributed by atoms with E-state index in [2.05, 4.69) is 26.6 Å². The number of fused-ring (bicyclic) bond motifs is 1. The second-order valence-corrected chi connectivity index (χ2v) is 4.91. The van der Waals surface area contributed by atoms with Gasteiger partial charge >= 0.3 is 0 Å². The first-order valence-electron chi connectivity index (χ1n) is 5.81. The number of halogens is 3. The van der Waals surface area contributed by atoms with E-state index >= 15 is 0 Å². The summed E-state index contributed by atoms with van der Waals surface area (Å²) in [6.07, 6.45) is -2.54. The smallest absolute Gasteiger partial charge is 0.272 e. The summed E-state index contributed by atoms with van der Waals surface area (Å²) in [5.74, 6) is 0.131. The SMILES string of the molecule is CCNC1C(=O)Nc2cc(OCC(F)F)c(Br)cc21. The molecular formula is C12H13BrF2N2O2. The summed E-state index contributed by atoms with van der Waals surface area (Å²) >= 11 is 3.26. The lowest BCUT2D eigenvalue weighted by Crippen LogP contribution is -2.27. The molecule has 1 aromatic rings. The van der Waals surface area contributed by atoms with Gasteiger partial charge in [-0.05, 0) is 28.5 Å². The highest BCUT2D eigenvalue weighted by atomic mass is 79.9. The van der Waals surface area contributed by atoms with Crippen molar-refractivity contribution < 1.29 is 18.3 Å². The zero-order chi connectivity index (χ0) is 14.0. The average molecular weight is 335 g/mol. The fraction of sp³-hybridized carbons (Fsp3) is 0.417. The normalized spacial score (nSPS) is 17.5. The van der Waals surface area contributed by atoms with Crippen molar-refractivity contribution in [2.75, 3.05) is 18.5 Å². The minimum absolute atomic E-state index is 0.158. The van der Waals surface area contributed by atoms with Gasteiger partial charge in [-0.15, -0.1) is 0 Å². The number of carbonyl (C=O) groups is 1. The van der Waals surface area contributed by atoms with Gasteiger partial charge in [-0.2, -0.15) is 0 Å². The number of alkyl halides is 2. The Morgan fingerprint density at radius 2 is 2.26 bits per heavy atom. The fourth-order valence-electron chi connectivity index (χ4n) is 1.93. The highest BCUT2D eigenvalue weighted by Gasteiger charge is 2.31. The monoisotopic (exact) mass is 334 g/mol. The molecule has 1 aromatic carbocycles. The molecule has 1 aliphatic rings. The van der Waals surface area contributed by atoms with E-state index in [4.69, 9.17) is 4.74 Å². The summed E-state index contributed by atoms with van der Waals surface area (Å²) in [4.78, 5) is 11.8. The fourth-order valence-corrected chi connectivity index (χ4v) is 2.41. The lowest BCUT2D eigenvalue weighted by atomic mass is 10.1. The van der Waals surface area contributed by atoms with Crippen LogP contribution >= 0.6 is 15.9 Å². The maximum atomic E-state index is 12.1. The second kappa shape index (κ2) is 5.83. The van der Waals surface area contributed by atoms with Crippen LogP contribution in [0.2, 0.25) is 0 Å². The predicted molar refractivity (Wildman–Crippen MR) is 70.7 cm³/mol. The van der Waals surface area contributed by atoms with E-state index in [-0.39, 0.29) is 11.7 Å². The molecule has 0 spiro atoms. The van der Waals surface area contributed by atoms with E-state index in [9.17, 15) is 13.6 Å². The highest BCUT2D eigenvalue weighted by Crippen LogP contribution is 2.38. The number of amides is 1. The lowest BCUT2D eigenvalue weighted by Gasteiger charge is -2.12. The Balaban J connectivity index is 2.25. The van der Waals surface area contributed by atoms with Gasteiger partial charge < -0.3 is 15.4 Å². The summed E-state index contributed by atoms with van der Waals surface area (Å²) in [6.45, 7) is 1.88. The number of hydrogen-bond acceptors (Lipinski definition) is 3. The number of hydrogen-bond donors (Lipinski definition) is 2. The number of nitrogens with one attached hydrogen (secondary N) is 2. The first-order chi connectivity index (χ1) is 9.02. The summed E-state index contributed by atoms with van der Waals surface area (Å²) < 4.78 is 29.8. The number of anilines is 1. The molecule has 4 nitrogen and oxygen atoms in total. The molecule has 19 heavy (non-hydrogen) atoms. The zero-order valence-corrected chi connectivity index (χ0v) is 11.8. The van der Waals surface area contributed by atoms with Crippen molar-refractivity contribution in [1.82, 2.24) is 5.32 Å². The molecule has 1 unspecified atom stereocenters. The Morgan fingerprint density at radius 3 is 2.89 bits per heavy atom. The molecule has 0 aliphatic carbocycles. The minimum Gasteiger partial charge on any atom is -0.486 e. The van der Waals surface area contributed by atoms with Crippen LogP contribution in [0.25, 0.3) is 0 Å². The van der Waals surface area contributed by atoms with Crippen molar-refractivity contribution in [2.24, 2.45) is 0 Å². The molecule has 1 atom stereocenters. The van der Waals surface area contributed by atoms with Crippen LogP contribution in [0.5, 0.6) is 5.75 Å². The number of rotatable bonds is 5. The van der Waals surface area contributed by atoms with Crippen LogP contribution in [0.3, 0.4) is 0 Å². The van der Waals surface area contributed by atoms with Crippen LogP contribution in [0.15, 0.2) is 16.6 Å². The lowest BCUT2D eigenvalue weighted by molar-refractivity contribution is -0.117. The average Bonchev–Trinajstić information content (AvgIpc) is 2.63. The molecule has 0 aromatic heterocycles. The van der Waals surface area contributed by atoms with Crippen molar-refractivity contribution in [1.29, 1.82) is 0 Å². The van der Waals surface area contributed by atoms with Crippen LogP contribution in [0, 0.1) is 0 Å². The molecule has 2 rings (SSSR count). The number of carbonyl (C=O) groups excluding carboxylic acids is 1. The summed E-state index contributed by atoms with van der Waals surface area (Å²) in [5, 5.41) is 5.75. The maximum absolute atomic E-state index is 12.1. The Hall–Kier alpha value is -1.21. The van der Waals surface area contributed by atoms with E-state index in [1.165, 1.54) is 0 Å². The van der Waals surface area contributed by atoms with Gasteiger partial charge in [0.2, 0.25) is 5.91 Å². The van der Waals surface area contributed by atoms with Gasteiger partial charge in [0.1, 0.15) is 18.4 Å². The molecule has 1 aliphatic heterocycles. The predicted octanol–water partition coefficient (Wildman–Crippen LogP) is 2.70. The Kier molecular flexibility index (Phi) is 4.36. The highest BCUT2D eigenvalue weighted by molar-refractivity contribution is 9.10. The molecule has 0 fully saturated rings. The van der Waals surface area contributed by atoms with Crippen molar-refractivity contribution in [3.8, 4) is 5.75 Å². The van der Waals surface area contributed by atoms with Crippen molar-refractivity contribution in [2.45, 2.75) is 19.4 Å². The van der Waals surface area contributed by atoms with Gasteiger partial charge in [-0.1, -0.05) is 6.92 Å². The minimum atomic E-state index is -2.54. The molecule has 0 saturated carbocycles. The van der Waals surface area contributed by atoms with Crippen LogP contribution < -0.4 is 15.4 Å². The Bertz CT molecular complexity index is 497. The van der Waals surface area contributed by atoms with Crippen molar-refractivity contribution >= 4 is 27.5 Å². The molecule has 0 bridgehead atoms. The number of benzene rings is 1. The molecule has 2 N–H and O–H groups in total. The van der Waals surface area contributed by atoms with Crippen molar-refractivity contribution in [3.63, 3.8) is 0 Å². The van der Waals surface area contributed by atoms with Crippen LogP contribution in [0.4, 0.5) is 14.5 Å². The van der Waals surface area contributed by atoms with Gasteiger partial charge in [-0.25, -0.2) is 8.78 Å². The largest absolute Gasteiger partial charge is 0.486 e. The van der Waals surface area contributed by atoms with E-state index in [0.29, 0.717) is 16.7 Å². The van der Waals surface area contributed by atoms with Crippen molar-refractivity contribution in [3.05, 3.63) is 22.2 Å². The quantitative estimate of drug-likeness (QED) is 0.870. The third-order valence-electron chi connectivity index (χ3n) is 2.71. The first kappa shape index (κ1) is 14.2. The van der Waals surface area contributed by atoms with Gasteiger partial charge in [0.25, 0.3) is 6.43 Å². The third-order valence-corrected chi connectivity index (χ3v) is 3.33. The molecule has 104 valence electrons. The number of ether oxygens (including phenoxy) is 1. The zero-order valence-electron chi connectivity index (χ0n) is 10.2. The van der Waals surface area contributed by atoms with Crippen LogP contribution in [0.1, 0.15) is 18.5 Å². The van der Waals surface area contributed by atoms with Gasteiger partial charge in [0.15, 0.2) is 0 Å². The van der Waals surface area contributed by atoms with Crippen LogP contribution in [-0.2, 0) is 4.79 Å². The maximum Gasteiger partial charge on any atom is 0.272 e. The van der Waals surface area contributed by atoms with Crippen LogP contribution in [-0.4, -0.2) is 25.5 Å². The third kappa shape index (κ3) is 3.03. The molecule has 1 amide bonds. The molecule has 0 saturated heterocycles. The molecule has 1 heterocycles. The topological polar surface area (TPSA) is 50.4 Å². The number of likely N-dealkylation sites (N-methyl/N-ethyl adjacent to an activating group) is 1. The first-order valence-corrected chi connectivity index (χ1v) is 6.60. The van der Waals surface area contributed by atoms with E-state index in [1.807, 2.05) is 6.92 Å². The van der Waals surface area contributed by atoms with Gasteiger partial charge in [-0.3, -0.25) is 4.79 Å². The summed E-state index contributed by atoms with van der Waals surface area (Å²) in [6, 6.07) is 2.85. The Morgan fingerprint density at radius 1 is 1.53 bits per heavy atom.